The molecule has 208 valence electrons. The fraction of sp³-hybridized carbons (Fsp3) is 0.630. The van der Waals surface area contributed by atoms with E-state index in [0.717, 1.165) is 31.2 Å². The minimum Gasteiger partial charge on any atom is -0.368 e. The van der Waals surface area contributed by atoms with Crippen molar-refractivity contribution < 1.29 is 29.0 Å². The second-order valence-corrected chi connectivity index (χ2v) is 10.5. The highest BCUT2D eigenvalue weighted by Gasteiger charge is 2.43. The van der Waals surface area contributed by atoms with Crippen LogP contribution in [0.3, 0.4) is 0 Å². The van der Waals surface area contributed by atoms with E-state index < -0.39 is 24.4 Å². The van der Waals surface area contributed by atoms with Crippen LogP contribution in [0.15, 0.2) is 24.3 Å². The molecule has 5 N–H and O–H groups in total. The third-order valence-corrected chi connectivity index (χ3v) is 7.75. The smallest absolute Gasteiger partial charge is 0.251 e. The molecule has 1 aromatic rings. The molecule has 3 fully saturated rings. The number of likely N-dealkylation sites (N-methyl/N-ethyl adjacent to an activating group) is 1. The third-order valence-electron chi connectivity index (χ3n) is 7.75. The molecule has 6 atom stereocenters. The lowest BCUT2D eigenvalue weighted by atomic mass is 9.98. The summed E-state index contributed by atoms with van der Waals surface area (Å²) in [5.41, 5.74) is 1.21. The van der Waals surface area contributed by atoms with Crippen LogP contribution < -0.4 is 21.3 Å². The summed E-state index contributed by atoms with van der Waals surface area (Å²) >= 11 is 0. The molecule has 0 aromatic heterocycles. The lowest BCUT2D eigenvalue weighted by molar-refractivity contribution is -0.144. The van der Waals surface area contributed by atoms with Crippen molar-refractivity contribution in [2.75, 3.05) is 13.7 Å². The summed E-state index contributed by atoms with van der Waals surface area (Å²) in [7, 11) is 1.69. The van der Waals surface area contributed by atoms with Crippen molar-refractivity contribution in [3.8, 4) is 0 Å². The summed E-state index contributed by atoms with van der Waals surface area (Å²) in [5.74, 6) is -0.930. The highest BCUT2D eigenvalue weighted by atomic mass is 16.6. The van der Waals surface area contributed by atoms with Gasteiger partial charge < -0.3 is 36.0 Å². The first-order valence-electron chi connectivity index (χ1n) is 13.5. The van der Waals surface area contributed by atoms with Gasteiger partial charge >= 0.3 is 0 Å². The molecule has 11 nitrogen and oxygen atoms in total. The van der Waals surface area contributed by atoms with Gasteiger partial charge in [-0.05, 0) is 57.4 Å². The van der Waals surface area contributed by atoms with Crippen LogP contribution in [0.1, 0.15) is 67.8 Å². The zero-order chi connectivity index (χ0) is 27.2. The van der Waals surface area contributed by atoms with Gasteiger partial charge in [-0.25, -0.2) is 0 Å². The molecule has 0 spiro atoms. The van der Waals surface area contributed by atoms with Crippen LogP contribution in [0.4, 0.5) is 0 Å². The van der Waals surface area contributed by atoms with Gasteiger partial charge in [-0.3, -0.25) is 19.2 Å². The van der Waals surface area contributed by atoms with Gasteiger partial charge in [-0.15, -0.1) is 0 Å². The molecule has 0 radical (unpaired) electrons. The number of benzene rings is 1. The normalized spacial score (nSPS) is 28.1. The van der Waals surface area contributed by atoms with E-state index in [1.807, 2.05) is 6.07 Å². The lowest BCUT2D eigenvalue weighted by Gasteiger charge is -2.35. The first kappa shape index (κ1) is 28.0. The molecule has 3 aliphatic rings. The molecule has 11 heteroatoms. The van der Waals surface area contributed by atoms with Gasteiger partial charge in [0, 0.05) is 24.6 Å². The number of nitrogens with zero attached hydrogens (tertiary/aromatic N) is 1. The van der Waals surface area contributed by atoms with Crippen LogP contribution >= 0.6 is 0 Å². The van der Waals surface area contributed by atoms with Crippen molar-refractivity contribution in [2.45, 2.75) is 94.9 Å². The standard InChI is InChI=1S/C27H39N5O6/c1-16(28-2)24(34)31-21-9-4-3-8-20-10-11-22(32(20)27(21)37)26(36)29-14-17-6-5-7-18(12-17)25(35)30-19-13-23(33)38-15-19/h5-7,12,16,19-23,28,33H,3-4,8-11,13-15H2,1-2H3,(H,29,36)(H,30,35)(H,31,34)/t16-,19-,20?,21-,22-,23?/m0/s1. The molecule has 1 aromatic carbocycles. The molecule has 3 aliphatic heterocycles. The maximum Gasteiger partial charge on any atom is 0.251 e. The van der Waals surface area contributed by atoms with Crippen LogP contribution in [-0.4, -0.2) is 83.8 Å². The largest absolute Gasteiger partial charge is 0.368 e. The number of rotatable bonds is 8. The molecule has 4 rings (SSSR count). The number of carbonyl (C=O) groups excluding carboxylic acids is 4. The summed E-state index contributed by atoms with van der Waals surface area (Å²) in [6, 6.07) is 5.08. The van der Waals surface area contributed by atoms with Crippen LogP contribution in [0.25, 0.3) is 0 Å². The Morgan fingerprint density at radius 1 is 1.13 bits per heavy atom. The van der Waals surface area contributed by atoms with E-state index in [2.05, 4.69) is 21.3 Å². The van der Waals surface area contributed by atoms with Crippen molar-refractivity contribution in [1.82, 2.24) is 26.2 Å². The summed E-state index contributed by atoms with van der Waals surface area (Å²) in [6.45, 7) is 2.22. The maximum atomic E-state index is 13.5. The van der Waals surface area contributed by atoms with Crippen LogP contribution in [0.5, 0.6) is 0 Å². The Hall–Kier alpha value is -3.02. The topological polar surface area (TPSA) is 149 Å². The Balaban J connectivity index is 1.37. The second kappa shape index (κ2) is 12.7. The van der Waals surface area contributed by atoms with Gasteiger partial charge in [0.1, 0.15) is 12.1 Å². The third kappa shape index (κ3) is 6.69. The first-order chi connectivity index (χ1) is 18.3. The summed E-state index contributed by atoms with van der Waals surface area (Å²) in [6.07, 6.45) is 4.02. The summed E-state index contributed by atoms with van der Waals surface area (Å²) in [4.78, 5) is 53.6. The molecular formula is C27H39N5O6. The van der Waals surface area contributed by atoms with E-state index in [1.165, 1.54) is 0 Å². The van der Waals surface area contributed by atoms with E-state index in [0.29, 0.717) is 24.8 Å². The van der Waals surface area contributed by atoms with Gasteiger partial charge in [0.2, 0.25) is 17.7 Å². The average Bonchev–Trinajstić information content (AvgIpc) is 3.52. The molecule has 0 bridgehead atoms. The summed E-state index contributed by atoms with van der Waals surface area (Å²) in [5, 5.41) is 21.0. The molecular weight excluding hydrogens is 490 g/mol. The quantitative estimate of drug-likeness (QED) is 0.322. The van der Waals surface area contributed by atoms with Gasteiger partial charge in [-0.1, -0.05) is 25.0 Å². The van der Waals surface area contributed by atoms with Crippen LogP contribution in [-0.2, 0) is 25.7 Å². The lowest BCUT2D eigenvalue weighted by Crippen LogP contribution is -2.57. The van der Waals surface area contributed by atoms with E-state index in [9.17, 15) is 24.3 Å². The molecule has 0 saturated carbocycles. The number of nitrogens with one attached hydrogen (secondary N) is 4. The van der Waals surface area contributed by atoms with Gasteiger partial charge in [0.15, 0.2) is 6.29 Å². The predicted octanol–water partition coefficient (Wildman–Crippen LogP) is 0.166. The van der Waals surface area contributed by atoms with Crippen molar-refractivity contribution in [3.63, 3.8) is 0 Å². The Morgan fingerprint density at radius 3 is 2.66 bits per heavy atom. The maximum absolute atomic E-state index is 13.5. The first-order valence-corrected chi connectivity index (χ1v) is 13.5. The number of carbonyl (C=O) groups is 4. The van der Waals surface area contributed by atoms with Crippen molar-refractivity contribution in [2.24, 2.45) is 0 Å². The molecule has 0 aliphatic carbocycles. The van der Waals surface area contributed by atoms with Gasteiger partial charge in [0.25, 0.3) is 5.91 Å². The van der Waals surface area contributed by atoms with Gasteiger partial charge in [-0.2, -0.15) is 0 Å². The average molecular weight is 530 g/mol. The highest BCUT2D eigenvalue weighted by Crippen LogP contribution is 2.31. The number of hydrogen-bond donors (Lipinski definition) is 5. The Labute approximate surface area is 223 Å². The van der Waals surface area contributed by atoms with Crippen molar-refractivity contribution in [3.05, 3.63) is 35.4 Å². The minimum atomic E-state index is -0.860. The fourth-order valence-electron chi connectivity index (χ4n) is 5.46. The minimum absolute atomic E-state index is 0.00946. The van der Waals surface area contributed by atoms with E-state index in [4.69, 9.17) is 4.74 Å². The van der Waals surface area contributed by atoms with Crippen LogP contribution in [0.2, 0.25) is 0 Å². The van der Waals surface area contributed by atoms with E-state index >= 15 is 0 Å². The molecule has 2 unspecified atom stereocenters. The Morgan fingerprint density at radius 2 is 1.92 bits per heavy atom. The van der Waals surface area contributed by atoms with Crippen LogP contribution in [0, 0.1) is 0 Å². The monoisotopic (exact) mass is 529 g/mol. The zero-order valence-electron chi connectivity index (χ0n) is 22.1. The van der Waals surface area contributed by atoms with Crippen molar-refractivity contribution >= 4 is 23.6 Å². The molecule has 4 amide bonds. The number of aliphatic hydroxyl groups is 1. The van der Waals surface area contributed by atoms with Crippen molar-refractivity contribution in [1.29, 1.82) is 0 Å². The number of ether oxygens (including phenoxy) is 1. The molecule has 3 heterocycles. The second-order valence-electron chi connectivity index (χ2n) is 10.5. The molecule has 3 saturated heterocycles. The Bertz CT molecular complexity index is 1030. The molecule has 38 heavy (non-hydrogen) atoms. The van der Waals surface area contributed by atoms with E-state index in [1.54, 1.807) is 37.1 Å². The number of amides is 4. The zero-order valence-corrected chi connectivity index (χ0v) is 22.1. The fourth-order valence-corrected chi connectivity index (χ4v) is 5.46. The SMILES string of the molecule is CN[C@@H](C)C(=O)N[C@H]1CCCCC2CC[C@@H](C(=O)NCc3cccc(C(=O)N[C@@H]4COC(O)C4)c3)N2C1=O. The Kier molecular flexibility index (Phi) is 9.35. The predicted molar refractivity (Wildman–Crippen MR) is 139 cm³/mol. The number of aliphatic hydroxyl groups excluding tert-OH is 1. The highest BCUT2D eigenvalue weighted by molar-refractivity contribution is 5.95. The van der Waals surface area contributed by atoms with E-state index in [-0.39, 0.29) is 48.9 Å². The number of fused-ring (bicyclic) bond motifs is 1. The van der Waals surface area contributed by atoms with Gasteiger partial charge in [0.05, 0.1) is 18.7 Å². The number of hydrogen-bond acceptors (Lipinski definition) is 7. The summed E-state index contributed by atoms with van der Waals surface area (Å²) < 4.78 is 5.08.